The second-order valence-electron chi connectivity index (χ2n) is 4.63. The van der Waals surface area contributed by atoms with Crippen molar-refractivity contribution in [2.24, 2.45) is 5.92 Å². The molecule has 0 radical (unpaired) electrons. The number of hydrogen-bond acceptors (Lipinski definition) is 4. The van der Waals surface area contributed by atoms with Gasteiger partial charge < -0.3 is 19.7 Å². The molecule has 4 heteroatoms. The maximum absolute atomic E-state index is 5.57. The van der Waals surface area contributed by atoms with Crippen LogP contribution in [0.2, 0.25) is 0 Å². The van der Waals surface area contributed by atoms with Crippen molar-refractivity contribution in [1.29, 1.82) is 0 Å². The summed E-state index contributed by atoms with van der Waals surface area (Å²) in [5.41, 5.74) is 0. The third-order valence-corrected chi connectivity index (χ3v) is 3.23. The number of methoxy groups -OCH3 is 1. The Morgan fingerprint density at radius 2 is 2.25 bits per heavy atom. The minimum atomic E-state index is 0.434. The summed E-state index contributed by atoms with van der Waals surface area (Å²) >= 11 is 0. The lowest BCUT2D eigenvalue weighted by Crippen LogP contribution is -2.35. The van der Waals surface area contributed by atoms with Crippen molar-refractivity contribution in [3.8, 4) is 0 Å². The standard InChI is InChI=1S/C12H26N2O2/c1-11-12(4-8-16-11)10-14(2)7-5-13-6-9-15-3/h11-13H,4-10H2,1-3H3. The van der Waals surface area contributed by atoms with E-state index in [0.717, 1.165) is 39.4 Å². The Hall–Kier alpha value is -0.160. The van der Waals surface area contributed by atoms with Crippen molar-refractivity contribution in [2.45, 2.75) is 19.4 Å². The summed E-state index contributed by atoms with van der Waals surface area (Å²) in [6.07, 6.45) is 1.65. The van der Waals surface area contributed by atoms with Crippen molar-refractivity contribution in [1.82, 2.24) is 10.2 Å². The zero-order valence-corrected chi connectivity index (χ0v) is 10.9. The van der Waals surface area contributed by atoms with Gasteiger partial charge >= 0.3 is 0 Å². The molecule has 0 bridgehead atoms. The molecule has 0 aromatic rings. The first kappa shape index (κ1) is 13.9. The fourth-order valence-corrected chi connectivity index (χ4v) is 2.08. The first-order valence-electron chi connectivity index (χ1n) is 6.24. The largest absolute Gasteiger partial charge is 0.383 e. The molecule has 0 spiro atoms. The van der Waals surface area contributed by atoms with Crippen LogP contribution in [0.3, 0.4) is 0 Å². The number of nitrogens with zero attached hydrogens (tertiary/aromatic N) is 1. The molecule has 1 N–H and O–H groups in total. The molecule has 0 aromatic carbocycles. The van der Waals surface area contributed by atoms with Gasteiger partial charge in [0, 0.05) is 39.9 Å². The molecule has 1 fully saturated rings. The lowest BCUT2D eigenvalue weighted by atomic mass is 10.0. The van der Waals surface area contributed by atoms with E-state index in [0.29, 0.717) is 12.0 Å². The fraction of sp³-hybridized carbons (Fsp3) is 1.00. The molecule has 0 saturated carbocycles. The highest BCUT2D eigenvalue weighted by Gasteiger charge is 2.24. The zero-order chi connectivity index (χ0) is 11.8. The van der Waals surface area contributed by atoms with E-state index in [1.54, 1.807) is 7.11 Å². The van der Waals surface area contributed by atoms with Gasteiger partial charge in [0.05, 0.1) is 12.7 Å². The van der Waals surface area contributed by atoms with Gasteiger partial charge in [0.15, 0.2) is 0 Å². The van der Waals surface area contributed by atoms with Gasteiger partial charge in [-0.15, -0.1) is 0 Å². The Labute approximate surface area is 99.3 Å². The molecule has 2 atom stereocenters. The van der Waals surface area contributed by atoms with Gasteiger partial charge in [-0.05, 0) is 26.3 Å². The Balaban J connectivity index is 1.99. The highest BCUT2D eigenvalue weighted by atomic mass is 16.5. The van der Waals surface area contributed by atoms with Gasteiger partial charge in [0.2, 0.25) is 0 Å². The topological polar surface area (TPSA) is 33.7 Å². The fourth-order valence-electron chi connectivity index (χ4n) is 2.08. The Kier molecular flexibility index (Phi) is 6.96. The Bertz CT molecular complexity index is 178. The normalized spacial score (nSPS) is 25.5. The molecule has 0 amide bonds. The van der Waals surface area contributed by atoms with E-state index in [2.05, 4.69) is 24.2 Å². The van der Waals surface area contributed by atoms with Gasteiger partial charge in [-0.2, -0.15) is 0 Å². The van der Waals surface area contributed by atoms with Crippen LogP contribution in [-0.4, -0.2) is 64.6 Å². The maximum Gasteiger partial charge on any atom is 0.0588 e. The van der Waals surface area contributed by atoms with E-state index in [9.17, 15) is 0 Å². The van der Waals surface area contributed by atoms with Crippen molar-refractivity contribution < 1.29 is 9.47 Å². The molecule has 96 valence electrons. The van der Waals surface area contributed by atoms with Crippen LogP contribution in [-0.2, 0) is 9.47 Å². The monoisotopic (exact) mass is 230 g/mol. The Morgan fingerprint density at radius 1 is 1.44 bits per heavy atom. The minimum Gasteiger partial charge on any atom is -0.383 e. The SMILES string of the molecule is COCCNCCN(C)CC1CCOC1C. The van der Waals surface area contributed by atoms with Crippen molar-refractivity contribution in [3.63, 3.8) is 0 Å². The minimum absolute atomic E-state index is 0.434. The third-order valence-electron chi connectivity index (χ3n) is 3.23. The van der Waals surface area contributed by atoms with E-state index < -0.39 is 0 Å². The molecule has 1 aliphatic heterocycles. The van der Waals surface area contributed by atoms with E-state index in [4.69, 9.17) is 9.47 Å². The van der Waals surface area contributed by atoms with E-state index >= 15 is 0 Å². The van der Waals surface area contributed by atoms with E-state index in [1.165, 1.54) is 6.42 Å². The maximum atomic E-state index is 5.57. The highest BCUT2D eigenvalue weighted by molar-refractivity contribution is 4.75. The van der Waals surface area contributed by atoms with E-state index in [1.807, 2.05) is 0 Å². The molecule has 1 saturated heterocycles. The van der Waals surface area contributed by atoms with Gasteiger partial charge in [-0.1, -0.05) is 0 Å². The van der Waals surface area contributed by atoms with Crippen molar-refractivity contribution in [3.05, 3.63) is 0 Å². The second kappa shape index (κ2) is 8.01. The lowest BCUT2D eigenvalue weighted by Gasteiger charge is -2.22. The first-order chi connectivity index (χ1) is 7.74. The van der Waals surface area contributed by atoms with Crippen LogP contribution in [0, 0.1) is 5.92 Å². The highest BCUT2D eigenvalue weighted by Crippen LogP contribution is 2.20. The first-order valence-corrected chi connectivity index (χ1v) is 6.24. The van der Waals surface area contributed by atoms with Gasteiger partial charge in [0.25, 0.3) is 0 Å². The number of rotatable bonds is 8. The average Bonchev–Trinajstić information content (AvgIpc) is 2.64. The van der Waals surface area contributed by atoms with Gasteiger partial charge in [0.1, 0.15) is 0 Å². The summed E-state index contributed by atoms with van der Waals surface area (Å²) < 4.78 is 10.5. The molecule has 1 rings (SSSR count). The smallest absolute Gasteiger partial charge is 0.0588 e. The van der Waals surface area contributed by atoms with Crippen LogP contribution in [0.15, 0.2) is 0 Å². The predicted octanol–water partition coefficient (Wildman–Crippen LogP) is 0.579. The van der Waals surface area contributed by atoms with Crippen molar-refractivity contribution >= 4 is 0 Å². The summed E-state index contributed by atoms with van der Waals surface area (Å²) in [6, 6.07) is 0. The summed E-state index contributed by atoms with van der Waals surface area (Å²) in [6.45, 7) is 8.11. The summed E-state index contributed by atoms with van der Waals surface area (Å²) in [4.78, 5) is 2.38. The quantitative estimate of drug-likeness (QED) is 0.619. The molecule has 16 heavy (non-hydrogen) atoms. The van der Waals surface area contributed by atoms with Crippen LogP contribution >= 0.6 is 0 Å². The molecule has 1 aliphatic rings. The van der Waals surface area contributed by atoms with E-state index in [-0.39, 0.29) is 0 Å². The van der Waals surface area contributed by atoms with Crippen LogP contribution in [0.4, 0.5) is 0 Å². The summed E-state index contributed by atoms with van der Waals surface area (Å²) in [5, 5.41) is 3.36. The Morgan fingerprint density at radius 3 is 2.88 bits per heavy atom. The number of likely N-dealkylation sites (N-methyl/N-ethyl adjacent to an activating group) is 1. The molecule has 4 nitrogen and oxygen atoms in total. The molecule has 0 aliphatic carbocycles. The van der Waals surface area contributed by atoms with Gasteiger partial charge in [-0.3, -0.25) is 0 Å². The summed E-state index contributed by atoms with van der Waals surface area (Å²) in [5.74, 6) is 0.712. The number of ether oxygens (including phenoxy) is 2. The van der Waals surface area contributed by atoms with Crippen LogP contribution < -0.4 is 5.32 Å². The predicted molar refractivity (Wildman–Crippen MR) is 65.8 cm³/mol. The van der Waals surface area contributed by atoms with Crippen LogP contribution in [0.25, 0.3) is 0 Å². The molecule has 2 unspecified atom stereocenters. The second-order valence-corrected chi connectivity index (χ2v) is 4.63. The lowest BCUT2D eigenvalue weighted by molar-refractivity contribution is 0.0959. The average molecular weight is 230 g/mol. The zero-order valence-electron chi connectivity index (χ0n) is 10.9. The molecular formula is C12H26N2O2. The van der Waals surface area contributed by atoms with Crippen LogP contribution in [0.5, 0.6) is 0 Å². The number of nitrogens with one attached hydrogen (secondary N) is 1. The molecule has 1 heterocycles. The molecule has 0 aromatic heterocycles. The summed E-state index contributed by atoms with van der Waals surface area (Å²) in [7, 11) is 3.92. The third kappa shape index (κ3) is 5.25. The van der Waals surface area contributed by atoms with Gasteiger partial charge in [-0.25, -0.2) is 0 Å². The van der Waals surface area contributed by atoms with Crippen LogP contribution in [0.1, 0.15) is 13.3 Å². The molecular weight excluding hydrogens is 204 g/mol. The number of hydrogen-bond donors (Lipinski definition) is 1. The van der Waals surface area contributed by atoms with Crippen molar-refractivity contribution in [2.75, 3.05) is 53.6 Å².